The number of ether oxygens (including phenoxy) is 1. The number of rotatable bonds is 6. The first-order valence-electron chi connectivity index (χ1n) is 6.67. The Morgan fingerprint density at radius 3 is 2.37 bits per heavy atom. The van der Waals surface area contributed by atoms with Crippen molar-refractivity contribution in [2.45, 2.75) is 26.7 Å². The lowest BCUT2D eigenvalue weighted by molar-refractivity contribution is 0.0880. The average Bonchev–Trinajstić information content (AvgIpc) is 2.39. The molecule has 1 N–H and O–H groups in total. The molecule has 8 heteroatoms. The molecule has 7 nitrogen and oxygen atoms in total. The van der Waals surface area contributed by atoms with Gasteiger partial charge >= 0.3 is 6.09 Å². The van der Waals surface area contributed by atoms with E-state index in [2.05, 4.69) is 4.72 Å². The summed E-state index contributed by atoms with van der Waals surface area (Å²) in [6.07, 6.45) is 1.47. The van der Waals surface area contributed by atoms with Crippen LogP contribution in [0.2, 0.25) is 0 Å². The minimum atomic E-state index is -3.40. The SMILES string of the molecule is CCCCOC(=O)N1CCN(S(=O)(=O)NCC)CC1. The molecule has 0 aromatic carbocycles. The van der Waals surface area contributed by atoms with Crippen LogP contribution in [0.5, 0.6) is 0 Å². The summed E-state index contributed by atoms with van der Waals surface area (Å²) >= 11 is 0. The molecule has 1 aliphatic heterocycles. The Balaban J connectivity index is 2.38. The van der Waals surface area contributed by atoms with Gasteiger partial charge in [0.2, 0.25) is 0 Å². The Morgan fingerprint density at radius 2 is 1.84 bits per heavy atom. The third-order valence-corrected chi connectivity index (χ3v) is 4.59. The number of carbonyl (C=O) groups excluding carboxylic acids is 1. The molecule has 0 radical (unpaired) electrons. The predicted molar refractivity (Wildman–Crippen MR) is 72.0 cm³/mol. The van der Waals surface area contributed by atoms with Crippen LogP contribution < -0.4 is 4.72 Å². The van der Waals surface area contributed by atoms with E-state index in [1.54, 1.807) is 11.8 Å². The van der Waals surface area contributed by atoms with Crippen molar-refractivity contribution >= 4 is 16.3 Å². The van der Waals surface area contributed by atoms with Crippen LogP contribution in [0.25, 0.3) is 0 Å². The minimum absolute atomic E-state index is 0.304. The van der Waals surface area contributed by atoms with Crippen molar-refractivity contribution in [3.8, 4) is 0 Å². The highest BCUT2D eigenvalue weighted by Crippen LogP contribution is 2.07. The average molecular weight is 293 g/mol. The molecule has 1 amide bonds. The van der Waals surface area contributed by atoms with Crippen LogP contribution >= 0.6 is 0 Å². The maximum absolute atomic E-state index is 11.8. The highest BCUT2D eigenvalue weighted by Gasteiger charge is 2.28. The molecule has 112 valence electrons. The van der Waals surface area contributed by atoms with Crippen LogP contribution in [-0.2, 0) is 14.9 Å². The Labute approximate surface area is 115 Å². The molecule has 19 heavy (non-hydrogen) atoms. The molecule has 1 heterocycles. The van der Waals surface area contributed by atoms with E-state index >= 15 is 0 Å². The number of carbonyl (C=O) groups is 1. The Kier molecular flexibility index (Phi) is 6.53. The van der Waals surface area contributed by atoms with Crippen molar-refractivity contribution in [3.05, 3.63) is 0 Å². The third-order valence-electron chi connectivity index (χ3n) is 2.89. The standard InChI is InChI=1S/C11H23N3O4S/c1-3-5-10-18-11(15)13-6-8-14(9-7-13)19(16,17)12-4-2/h12H,3-10H2,1-2H3. The molecule has 0 aromatic heterocycles. The van der Waals surface area contributed by atoms with Gasteiger partial charge in [-0.05, 0) is 6.42 Å². The maximum Gasteiger partial charge on any atom is 0.409 e. The predicted octanol–water partition coefficient (Wildman–Crippen LogP) is 0.395. The van der Waals surface area contributed by atoms with Crippen molar-refractivity contribution in [1.29, 1.82) is 0 Å². The van der Waals surface area contributed by atoms with Gasteiger partial charge in [-0.3, -0.25) is 0 Å². The van der Waals surface area contributed by atoms with Crippen LogP contribution in [0.1, 0.15) is 26.7 Å². The molecule has 0 unspecified atom stereocenters. The molecule has 1 rings (SSSR count). The van der Waals surface area contributed by atoms with E-state index in [0.717, 1.165) is 12.8 Å². The molecule has 1 aliphatic rings. The highest BCUT2D eigenvalue weighted by molar-refractivity contribution is 7.87. The third kappa shape index (κ3) is 4.96. The largest absolute Gasteiger partial charge is 0.449 e. The van der Waals surface area contributed by atoms with Gasteiger partial charge in [-0.15, -0.1) is 0 Å². The van der Waals surface area contributed by atoms with Gasteiger partial charge < -0.3 is 9.64 Å². The van der Waals surface area contributed by atoms with Crippen molar-refractivity contribution in [2.24, 2.45) is 0 Å². The number of piperazine rings is 1. The summed E-state index contributed by atoms with van der Waals surface area (Å²) in [4.78, 5) is 13.2. The molecule has 0 spiro atoms. The van der Waals surface area contributed by atoms with Crippen LogP contribution in [0.15, 0.2) is 0 Å². The number of unbranched alkanes of at least 4 members (excludes halogenated alkanes) is 1. The number of amides is 1. The molecular formula is C11H23N3O4S. The van der Waals surface area contributed by atoms with Gasteiger partial charge in [-0.25, -0.2) is 9.52 Å². The van der Waals surface area contributed by atoms with Gasteiger partial charge in [0.15, 0.2) is 0 Å². The fourth-order valence-electron chi connectivity index (χ4n) is 1.78. The fraction of sp³-hybridized carbons (Fsp3) is 0.909. The maximum atomic E-state index is 11.8. The first kappa shape index (κ1) is 16.2. The first-order chi connectivity index (χ1) is 9.01. The molecule has 1 fully saturated rings. The van der Waals surface area contributed by atoms with Crippen molar-refractivity contribution in [1.82, 2.24) is 13.9 Å². The number of hydrogen-bond acceptors (Lipinski definition) is 4. The van der Waals surface area contributed by atoms with Crippen LogP contribution in [0.4, 0.5) is 4.79 Å². The Hall–Kier alpha value is -0.860. The fourth-order valence-corrected chi connectivity index (χ4v) is 2.97. The molecule has 0 atom stereocenters. The van der Waals surface area contributed by atoms with Gasteiger partial charge in [0.1, 0.15) is 0 Å². The summed E-state index contributed by atoms with van der Waals surface area (Å²) in [5.74, 6) is 0. The Bertz CT molecular complexity index is 377. The van der Waals surface area contributed by atoms with E-state index in [9.17, 15) is 13.2 Å². The van der Waals surface area contributed by atoms with Crippen molar-refractivity contribution in [3.63, 3.8) is 0 Å². The van der Waals surface area contributed by atoms with Crippen LogP contribution in [0, 0.1) is 0 Å². The lowest BCUT2D eigenvalue weighted by atomic mass is 10.4. The zero-order valence-electron chi connectivity index (χ0n) is 11.6. The Morgan fingerprint density at radius 1 is 1.21 bits per heavy atom. The lowest BCUT2D eigenvalue weighted by Crippen LogP contribution is -2.53. The zero-order valence-corrected chi connectivity index (χ0v) is 12.4. The smallest absolute Gasteiger partial charge is 0.409 e. The highest BCUT2D eigenvalue weighted by atomic mass is 32.2. The molecule has 0 aromatic rings. The van der Waals surface area contributed by atoms with Crippen LogP contribution in [0.3, 0.4) is 0 Å². The number of nitrogens with zero attached hydrogens (tertiary/aromatic N) is 2. The van der Waals surface area contributed by atoms with E-state index in [1.807, 2.05) is 6.92 Å². The topological polar surface area (TPSA) is 79.0 Å². The summed E-state index contributed by atoms with van der Waals surface area (Å²) in [5.41, 5.74) is 0. The lowest BCUT2D eigenvalue weighted by Gasteiger charge is -2.33. The van der Waals surface area contributed by atoms with E-state index < -0.39 is 10.2 Å². The second kappa shape index (κ2) is 7.66. The summed E-state index contributed by atoms with van der Waals surface area (Å²) in [6, 6.07) is 0. The van der Waals surface area contributed by atoms with Crippen molar-refractivity contribution < 1.29 is 17.9 Å². The monoisotopic (exact) mass is 293 g/mol. The first-order valence-corrected chi connectivity index (χ1v) is 8.11. The van der Waals surface area contributed by atoms with Gasteiger partial charge in [0, 0.05) is 32.7 Å². The summed E-state index contributed by atoms with van der Waals surface area (Å²) < 4.78 is 32.4. The molecule has 1 saturated heterocycles. The summed E-state index contributed by atoms with van der Waals surface area (Å²) in [5, 5.41) is 0. The zero-order chi connectivity index (χ0) is 14.3. The molecule has 0 aliphatic carbocycles. The van der Waals surface area contributed by atoms with E-state index in [1.165, 1.54) is 4.31 Å². The summed E-state index contributed by atoms with van der Waals surface area (Å²) in [7, 11) is -3.40. The number of hydrogen-bond donors (Lipinski definition) is 1. The van der Waals surface area contributed by atoms with Gasteiger partial charge in [0.05, 0.1) is 6.61 Å². The minimum Gasteiger partial charge on any atom is -0.449 e. The second-order valence-corrected chi connectivity index (χ2v) is 6.11. The van der Waals surface area contributed by atoms with E-state index in [0.29, 0.717) is 39.3 Å². The molecular weight excluding hydrogens is 270 g/mol. The molecule has 0 saturated carbocycles. The second-order valence-electron chi connectivity index (χ2n) is 4.36. The van der Waals surface area contributed by atoms with Gasteiger partial charge in [0.25, 0.3) is 10.2 Å². The van der Waals surface area contributed by atoms with Crippen LogP contribution in [-0.4, -0.2) is 63.0 Å². The number of nitrogens with one attached hydrogen (secondary N) is 1. The van der Waals surface area contributed by atoms with Crippen molar-refractivity contribution in [2.75, 3.05) is 39.3 Å². The van der Waals surface area contributed by atoms with E-state index in [-0.39, 0.29) is 6.09 Å². The quantitative estimate of drug-likeness (QED) is 0.719. The van der Waals surface area contributed by atoms with Gasteiger partial charge in [-0.1, -0.05) is 20.3 Å². The summed E-state index contributed by atoms with van der Waals surface area (Å²) in [6.45, 7) is 5.89. The van der Waals surface area contributed by atoms with E-state index in [4.69, 9.17) is 4.74 Å². The normalized spacial score (nSPS) is 17.5. The van der Waals surface area contributed by atoms with Gasteiger partial charge in [-0.2, -0.15) is 12.7 Å². The molecule has 0 bridgehead atoms.